The lowest BCUT2D eigenvalue weighted by atomic mass is 9.97. The summed E-state index contributed by atoms with van der Waals surface area (Å²) in [6, 6.07) is 7.54. The maximum absolute atomic E-state index is 12.8. The Hall–Kier alpha value is -2.56. The molecule has 1 amide bonds. The minimum absolute atomic E-state index is 0.0940. The van der Waals surface area contributed by atoms with E-state index in [2.05, 4.69) is 6.08 Å². The molecule has 152 valence electrons. The van der Waals surface area contributed by atoms with E-state index in [-0.39, 0.29) is 18.3 Å². The van der Waals surface area contributed by atoms with Crippen LogP contribution < -0.4 is 4.74 Å². The Morgan fingerprint density at radius 1 is 1.21 bits per heavy atom. The average Bonchev–Trinajstić information content (AvgIpc) is 2.73. The van der Waals surface area contributed by atoms with Crippen LogP contribution in [-0.4, -0.2) is 43.6 Å². The van der Waals surface area contributed by atoms with Crippen molar-refractivity contribution in [1.82, 2.24) is 4.90 Å². The molecule has 1 aliphatic carbocycles. The van der Waals surface area contributed by atoms with E-state index in [0.29, 0.717) is 19.7 Å². The lowest BCUT2D eigenvalue weighted by molar-refractivity contribution is -0.143. The topological polar surface area (TPSA) is 55.8 Å². The maximum Gasteiger partial charge on any atom is 0.307 e. The predicted molar refractivity (Wildman–Crippen MR) is 111 cm³/mol. The first kappa shape index (κ1) is 21.7. The number of allylic oxidation sites excluding steroid dienone is 1. The van der Waals surface area contributed by atoms with Gasteiger partial charge < -0.3 is 14.4 Å². The van der Waals surface area contributed by atoms with Gasteiger partial charge in [0.2, 0.25) is 5.91 Å². The van der Waals surface area contributed by atoms with Crippen molar-refractivity contribution in [2.45, 2.75) is 45.4 Å². The summed E-state index contributed by atoms with van der Waals surface area (Å²) in [6.45, 7) is 3.13. The summed E-state index contributed by atoms with van der Waals surface area (Å²) >= 11 is 0. The molecule has 0 aliphatic heterocycles. The Balaban J connectivity index is 2.00. The fourth-order valence-electron chi connectivity index (χ4n) is 3.22. The third-order valence-electron chi connectivity index (χ3n) is 4.80. The molecule has 0 bridgehead atoms. The molecule has 5 nitrogen and oxygen atoms in total. The molecular formula is C23H31NO4. The quantitative estimate of drug-likeness (QED) is 0.341. The van der Waals surface area contributed by atoms with Gasteiger partial charge in [0.15, 0.2) is 0 Å². The van der Waals surface area contributed by atoms with Gasteiger partial charge in [0.1, 0.15) is 5.75 Å². The second-order valence-electron chi connectivity index (χ2n) is 6.85. The molecular weight excluding hydrogens is 354 g/mol. The number of carbonyl (C=O) groups excluding carboxylic acids is 2. The van der Waals surface area contributed by atoms with Crippen LogP contribution in [0.1, 0.15) is 51.0 Å². The molecule has 1 aliphatic rings. The van der Waals surface area contributed by atoms with E-state index < -0.39 is 0 Å². The second-order valence-corrected chi connectivity index (χ2v) is 6.85. The van der Waals surface area contributed by atoms with Crippen LogP contribution in [-0.2, 0) is 14.3 Å². The number of rotatable bonds is 10. The number of esters is 1. The molecule has 1 aromatic carbocycles. The maximum atomic E-state index is 12.8. The van der Waals surface area contributed by atoms with Gasteiger partial charge in [0, 0.05) is 19.2 Å². The van der Waals surface area contributed by atoms with Crippen molar-refractivity contribution in [2.75, 3.05) is 26.8 Å². The molecule has 2 rings (SSSR count). The molecule has 0 fully saturated rings. The van der Waals surface area contributed by atoms with Crippen LogP contribution in [0.2, 0.25) is 0 Å². The van der Waals surface area contributed by atoms with E-state index >= 15 is 0 Å². The zero-order chi connectivity index (χ0) is 20.2. The highest BCUT2D eigenvalue weighted by Gasteiger charge is 2.14. The number of methoxy groups -OCH3 is 1. The van der Waals surface area contributed by atoms with Crippen molar-refractivity contribution in [1.29, 1.82) is 0 Å². The average molecular weight is 386 g/mol. The van der Waals surface area contributed by atoms with Crippen molar-refractivity contribution in [3.05, 3.63) is 47.6 Å². The molecule has 0 saturated heterocycles. The summed E-state index contributed by atoms with van der Waals surface area (Å²) in [5.41, 5.74) is 2.31. The fraction of sp³-hybridized carbons (Fsp3) is 0.478. The van der Waals surface area contributed by atoms with Gasteiger partial charge in [0.05, 0.1) is 20.1 Å². The van der Waals surface area contributed by atoms with E-state index in [9.17, 15) is 9.59 Å². The lowest BCUT2D eigenvalue weighted by Gasteiger charge is -2.22. The van der Waals surface area contributed by atoms with Crippen LogP contribution in [0.15, 0.2) is 42.0 Å². The van der Waals surface area contributed by atoms with Crippen LogP contribution >= 0.6 is 0 Å². The van der Waals surface area contributed by atoms with Gasteiger partial charge in [0.25, 0.3) is 0 Å². The molecule has 0 aromatic heterocycles. The molecule has 0 unspecified atom stereocenters. The molecule has 0 atom stereocenters. The highest BCUT2D eigenvalue weighted by molar-refractivity contribution is 5.92. The number of nitrogens with zero attached hydrogens (tertiary/aromatic N) is 1. The third kappa shape index (κ3) is 7.59. The Morgan fingerprint density at radius 2 is 2.07 bits per heavy atom. The summed E-state index contributed by atoms with van der Waals surface area (Å²) in [4.78, 5) is 26.2. The van der Waals surface area contributed by atoms with Crippen molar-refractivity contribution in [3.63, 3.8) is 0 Å². The predicted octanol–water partition coefficient (Wildman–Crippen LogP) is 4.38. The van der Waals surface area contributed by atoms with Crippen molar-refractivity contribution in [3.8, 4) is 5.75 Å². The minimum Gasteiger partial charge on any atom is -0.497 e. The van der Waals surface area contributed by atoms with E-state index in [1.165, 1.54) is 18.4 Å². The van der Waals surface area contributed by atoms with Gasteiger partial charge in [-0.15, -0.1) is 0 Å². The standard InChI is InChI=1S/C23H31NO4/c1-3-28-23(26)15-17-24(16-14-19-8-5-4-6-9-19)22(25)13-12-20-10-7-11-21(18-20)27-2/h7-8,10-13,18H,3-6,9,14-17H2,1-2H3/b13-12+. The van der Waals surface area contributed by atoms with Gasteiger partial charge in [-0.3, -0.25) is 9.59 Å². The Kier molecular flexibility index (Phi) is 9.32. The smallest absolute Gasteiger partial charge is 0.307 e. The number of amides is 1. The number of ether oxygens (including phenoxy) is 2. The molecule has 1 aromatic rings. The van der Waals surface area contributed by atoms with Gasteiger partial charge in [-0.1, -0.05) is 23.8 Å². The Morgan fingerprint density at radius 3 is 2.79 bits per heavy atom. The van der Waals surface area contributed by atoms with Crippen LogP contribution in [0.5, 0.6) is 5.75 Å². The number of hydrogen-bond acceptors (Lipinski definition) is 4. The van der Waals surface area contributed by atoms with E-state index in [0.717, 1.165) is 30.6 Å². The fourth-order valence-corrected chi connectivity index (χ4v) is 3.22. The molecule has 0 radical (unpaired) electrons. The lowest BCUT2D eigenvalue weighted by Crippen LogP contribution is -2.33. The molecule has 28 heavy (non-hydrogen) atoms. The summed E-state index contributed by atoms with van der Waals surface area (Å²) in [7, 11) is 1.62. The monoisotopic (exact) mass is 385 g/mol. The first-order valence-corrected chi connectivity index (χ1v) is 10.1. The summed E-state index contributed by atoms with van der Waals surface area (Å²) in [5, 5.41) is 0. The third-order valence-corrected chi connectivity index (χ3v) is 4.80. The molecule has 0 spiro atoms. The molecule has 0 saturated carbocycles. The zero-order valence-corrected chi connectivity index (χ0v) is 17.0. The number of hydrogen-bond donors (Lipinski definition) is 0. The Labute approximate surface area is 168 Å². The van der Waals surface area contributed by atoms with Crippen LogP contribution in [0, 0.1) is 0 Å². The van der Waals surface area contributed by atoms with Gasteiger partial charge in [-0.25, -0.2) is 0 Å². The van der Waals surface area contributed by atoms with Crippen LogP contribution in [0.3, 0.4) is 0 Å². The normalized spacial score (nSPS) is 13.9. The van der Waals surface area contributed by atoms with Crippen molar-refractivity contribution >= 4 is 18.0 Å². The molecule has 0 N–H and O–H groups in total. The first-order chi connectivity index (χ1) is 13.6. The van der Waals surface area contributed by atoms with E-state index in [1.807, 2.05) is 24.3 Å². The number of benzene rings is 1. The van der Waals surface area contributed by atoms with Crippen LogP contribution in [0.4, 0.5) is 0 Å². The number of carbonyl (C=O) groups is 2. The highest BCUT2D eigenvalue weighted by atomic mass is 16.5. The van der Waals surface area contributed by atoms with Gasteiger partial charge >= 0.3 is 5.97 Å². The van der Waals surface area contributed by atoms with Crippen molar-refractivity contribution in [2.24, 2.45) is 0 Å². The van der Waals surface area contributed by atoms with Crippen LogP contribution in [0.25, 0.3) is 6.08 Å². The molecule has 0 heterocycles. The molecule has 5 heteroatoms. The van der Waals surface area contributed by atoms with Gasteiger partial charge in [-0.2, -0.15) is 0 Å². The summed E-state index contributed by atoms with van der Waals surface area (Å²) in [5.74, 6) is 0.385. The highest BCUT2D eigenvalue weighted by Crippen LogP contribution is 2.20. The minimum atomic E-state index is -0.269. The SMILES string of the molecule is CCOC(=O)CCN(CCC1=CCCCC1)C(=O)/C=C/c1cccc(OC)c1. The zero-order valence-electron chi connectivity index (χ0n) is 17.0. The summed E-state index contributed by atoms with van der Waals surface area (Å²) in [6.07, 6.45) is 11.4. The first-order valence-electron chi connectivity index (χ1n) is 10.1. The summed E-state index contributed by atoms with van der Waals surface area (Å²) < 4.78 is 10.2. The van der Waals surface area contributed by atoms with Crippen molar-refractivity contribution < 1.29 is 19.1 Å². The largest absolute Gasteiger partial charge is 0.497 e. The van der Waals surface area contributed by atoms with E-state index in [1.54, 1.807) is 31.1 Å². The Bertz CT molecular complexity index is 708. The van der Waals surface area contributed by atoms with E-state index in [4.69, 9.17) is 9.47 Å². The second kappa shape index (κ2) is 12.0. The van der Waals surface area contributed by atoms with Gasteiger partial charge in [-0.05, 0) is 62.8 Å².